The lowest BCUT2D eigenvalue weighted by molar-refractivity contribution is 0.0500. The molecule has 0 N–H and O–H groups in total. The minimum absolute atomic E-state index is 0.0150. The first kappa shape index (κ1) is 19.5. The summed E-state index contributed by atoms with van der Waals surface area (Å²) in [5.74, 6) is 1.30. The quantitative estimate of drug-likeness (QED) is 0.380. The predicted molar refractivity (Wildman–Crippen MR) is 106 cm³/mol. The maximum atomic E-state index is 11.7. The van der Waals surface area contributed by atoms with Gasteiger partial charge >= 0.3 is 0 Å². The van der Waals surface area contributed by atoms with Crippen molar-refractivity contribution in [2.75, 3.05) is 13.9 Å². The smallest absolute Gasteiger partial charge is 0.188 e. The summed E-state index contributed by atoms with van der Waals surface area (Å²) in [5, 5.41) is 0. The Kier molecular flexibility index (Phi) is 7.04. The van der Waals surface area contributed by atoms with Gasteiger partial charge < -0.3 is 18.9 Å². The first-order valence-electron chi connectivity index (χ1n) is 8.88. The predicted octanol–water partition coefficient (Wildman–Crippen LogP) is 4.64. The van der Waals surface area contributed by atoms with Gasteiger partial charge in [0.2, 0.25) is 0 Å². The first-order valence-corrected chi connectivity index (χ1v) is 8.88. The van der Waals surface area contributed by atoms with Crippen LogP contribution in [0.3, 0.4) is 0 Å². The number of carbonyl (C=O) groups excluding carboxylic acids is 1. The normalized spacial score (nSPS) is 10.3. The van der Waals surface area contributed by atoms with Gasteiger partial charge in [-0.15, -0.1) is 0 Å². The number of benzene rings is 3. The van der Waals surface area contributed by atoms with Crippen molar-refractivity contribution in [3.05, 3.63) is 89.5 Å². The highest BCUT2D eigenvalue weighted by atomic mass is 16.7. The van der Waals surface area contributed by atoms with E-state index in [1.807, 2.05) is 60.7 Å². The molecule has 0 aliphatic heterocycles. The standard InChI is InChI=1S/C23H22O5/c1-25-17-28-23-13-20(26-15-18-8-4-2-5-9-18)12-22(21(23)14-24)27-16-19-10-6-3-7-11-19/h2-14H,15-17H2,1H3. The highest BCUT2D eigenvalue weighted by Gasteiger charge is 2.15. The molecule has 0 aromatic heterocycles. The molecule has 0 amide bonds. The number of rotatable bonds is 10. The van der Waals surface area contributed by atoms with Crippen LogP contribution in [0, 0.1) is 0 Å². The second-order valence-electron chi connectivity index (χ2n) is 6.05. The summed E-state index contributed by atoms with van der Waals surface area (Å²) in [7, 11) is 1.52. The van der Waals surface area contributed by atoms with E-state index in [-0.39, 0.29) is 6.79 Å². The molecule has 0 saturated heterocycles. The molecule has 0 aliphatic carbocycles. The number of ether oxygens (including phenoxy) is 4. The Balaban J connectivity index is 1.83. The largest absolute Gasteiger partial charge is 0.489 e. The molecule has 0 unspecified atom stereocenters. The molecule has 144 valence electrons. The van der Waals surface area contributed by atoms with E-state index in [9.17, 15) is 4.79 Å². The Bertz CT molecular complexity index is 878. The van der Waals surface area contributed by atoms with Crippen LogP contribution < -0.4 is 14.2 Å². The van der Waals surface area contributed by atoms with Crippen LogP contribution in [0.4, 0.5) is 0 Å². The van der Waals surface area contributed by atoms with Gasteiger partial charge in [0.05, 0.1) is 5.56 Å². The van der Waals surface area contributed by atoms with Gasteiger partial charge in [0, 0.05) is 19.2 Å². The zero-order valence-electron chi connectivity index (χ0n) is 15.7. The zero-order valence-corrected chi connectivity index (χ0v) is 15.7. The molecule has 0 saturated carbocycles. The van der Waals surface area contributed by atoms with Crippen molar-refractivity contribution in [3.63, 3.8) is 0 Å². The number of hydrogen-bond donors (Lipinski definition) is 0. The summed E-state index contributed by atoms with van der Waals surface area (Å²) in [6.45, 7) is 0.734. The molecule has 0 atom stereocenters. The molecular formula is C23H22O5. The molecular weight excluding hydrogens is 356 g/mol. The molecule has 0 heterocycles. The second kappa shape index (κ2) is 10.1. The second-order valence-corrected chi connectivity index (χ2v) is 6.05. The molecule has 0 aliphatic rings. The molecule has 0 radical (unpaired) electrons. The number of methoxy groups -OCH3 is 1. The first-order chi connectivity index (χ1) is 13.8. The number of aldehydes is 1. The molecule has 28 heavy (non-hydrogen) atoms. The third-order valence-corrected chi connectivity index (χ3v) is 4.01. The Morgan fingerprint density at radius 1 is 0.750 bits per heavy atom. The lowest BCUT2D eigenvalue weighted by Crippen LogP contribution is -2.05. The van der Waals surface area contributed by atoms with E-state index in [0.29, 0.717) is 42.3 Å². The molecule has 5 nitrogen and oxygen atoms in total. The van der Waals surface area contributed by atoms with Crippen molar-refractivity contribution in [2.45, 2.75) is 13.2 Å². The minimum Gasteiger partial charge on any atom is -0.489 e. The molecule has 5 heteroatoms. The van der Waals surface area contributed by atoms with Gasteiger partial charge in [0.15, 0.2) is 13.1 Å². The van der Waals surface area contributed by atoms with E-state index in [4.69, 9.17) is 18.9 Å². The lowest BCUT2D eigenvalue weighted by atomic mass is 10.1. The van der Waals surface area contributed by atoms with Crippen molar-refractivity contribution in [1.29, 1.82) is 0 Å². The van der Waals surface area contributed by atoms with E-state index in [0.717, 1.165) is 11.1 Å². The highest BCUT2D eigenvalue weighted by molar-refractivity contribution is 5.84. The van der Waals surface area contributed by atoms with Crippen LogP contribution in [0.1, 0.15) is 21.5 Å². The van der Waals surface area contributed by atoms with E-state index >= 15 is 0 Å². The Morgan fingerprint density at radius 3 is 1.82 bits per heavy atom. The van der Waals surface area contributed by atoms with Gasteiger partial charge in [-0.1, -0.05) is 60.7 Å². The number of carbonyl (C=O) groups is 1. The van der Waals surface area contributed by atoms with E-state index in [2.05, 4.69) is 0 Å². The summed E-state index contributed by atoms with van der Waals surface area (Å²) in [6.07, 6.45) is 0.715. The molecule has 3 aromatic rings. The van der Waals surface area contributed by atoms with Crippen LogP contribution in [0.25, 0.3) is 0 Å². The van der Waals surface area contributed by atoms with Gasteiger partial charge in [-0.3, -0.25) is 4.79 Å². The highest BCUT2D eigenvalue weighted by Crippen LogP contribution is 2.34. The van der Waals surface area contributed by atoms with Crippen molar-refractivity contribution in [2.24, 2.45) is 0 Å². The van der Waals surface area contributed by atoms with Crippen LogP contribution in [0.15, 0.2) is 72.8 Å². The monoisotopic (exact) mass is 378 g/mol. The fraction of sp³-hybridized carbons (Fsp3) is 0.174. The van der Waals surface area contributed by atoms with E-state index in [1.165, 1.54) is 7.11 Å². The van der Waals surface area contributed by atoms with Crippen molar-refractivity contribution in [1.82, 2.24) is 0 Å². The van der Waals surface area contributed by atoms with Crippen LogP contribution in [-0.4, -0.2) is 20.2 Å². The van der Waals surface area contributed by atoms with Crippen LogP contribution in [0.5, 0.6) is 17.2 Å². The summed E-state index contributed by atoms with van der Waals surface area (Å²) < 4.78 is 22.3. The average Bonchev–Trinajstić information content (AvgIpc) is 2.76. The van der Waals surface area contributed by atoms with Gasteiger partial charge in [0.25, 0.3) is 0 Å². The molecule has 0 bridgehead atoms. The molecule has 0 fully saturated rings. The van der Waals surface area contributed by atoms with Gasteiger partial charge in [-0.25, -0.2) is 0 Å². The fourth-order valence-electron chi connectivity index (χ4n) is 2.61. The Labute approximate surface area is 164 Å². The SMILES string of the molecule is COCOc1cc(OCc2ccccc2)cc(OCc2ccccc2)c1C=O. The fourth-order valence-corrected chi connectivity index (χ4v) is 2.61. The van der Waals surface area contributed by atoms with Gasteiger partial charge in [-0.2, -0.15) is 0 Å². The topological polar surface area (TPSA) is 54.0 Å². The van der Waals surface area contributed by atoms with E-state index in [1.54, 1.807) is 12.1 Å². The summed E-state index contributed by atoms with van der Waals surface area (Å²) in [4.78, 5) is 11.7. The maximum Gasteiger partial charge on any atom is 0.188 e. The average molecular weight is 378 g/mol. The molecule has 0 spiro atoms. The van der Waals surface area contributed by atoms with Gasteiger partial charge in [-0.05, 0) is 11.1 Å². The number of hydrogen-bond acceptors (Lipinski definition) is 5. The Hall–Kier alpha value is -3.31. The summed E-state index contributed by atoms with van der Waals surface area (Å²) in [5.41, 5.74) is 2.35. The summed E-state index contributed by atoms with van der Waals surface area (Å²) >= 11 is 0. The van der Waals surface area contributed by atoms with Gasteiger partial charge in [0.1, 0.15) is 30.5 Å². The van der Waals surface area contributed by atoms with E-state index < -0.39 is 0 Å². The molecule has 3 aromatic carbocycles. The minimum atomic E-state index is 0.0150. The Morgan fingerprint density at radius 2 is 1.29 bits per heavy atom. The third-order valence-electron chi connectivity index (χ3n) is 4.01. The lowest BCUT2D eigenvalue weighted by Gasteiger charge is -2.16. The zero-order chi connectivity index (χ0) is 19.6. The van der Waals surface area contributed by atoms with Crippen LogP contribution in [0.2, 0.25) is 0 Å². The maximum absolute atomic E-state index is 11.7. The van der Waals surface area contributed by atoms with Crippen molar-refractivity contribution < 1.29 is 23.7 Å². The van der Waals surface area contributed by atoms with Crippen molar-refractivity contribution in [3.8, 4) is 17.2 Å². The van der Waals surface area contributed by atoms with Crippen LogP contribution in [-0.2, 0) is 18.0 Å². The molecule has 3 rings (SSSR count). The van der Waals surface area contributed by atoms with Crippen LogP contribution >= 0.6 is 0 Å². The summed E-state index contributed by atoms with van der Waals surface area (Å²) in [6, 6.07) is 22.9. The third kappa shape index (κ3) is 5.34. The van der Waals surface area contributed by atoms with Crippen molar-refractivity contribution >= 4 is 6.29 Å².